The van der Waals surface area contributed by atoms with Crippen molar-refractivity contribution in [1.29, 1.82) is 0 Å². The molecule has 4 nitrogen and oxygen atoms in total. The lowest BCUT2D eigenvalue weighted by atomic mass is 9.90. The zero-order valence-electron chi connectivity index (χ0n) is 14.9. The third kappa shape index (κ3) is 3.66. The molecular formula is C21H19ClFN3O. The Kier molecular flexibility index (Phi) is 4.58. The first kappa shape index (κ1) is 17.9. The lowest BCUT2D eigenvalue weighted by Crippen LogP contribution is -2.37. The molecular weight excluding hydrogens is 365 g/mol. The number of halogens is 2. The van der Waals surface area contributed by atoms with Crippen LogP contribution in [0, 0.1) is 5.82 Å². The van der Waals surface area contributed by atoms with Crippen molar-refractivity contribution in [3.8, 4) is 0 Å². The van der Waals surface area contributed by atoms with Crippen LogP contribution in [0.15, 0.2) is 53.7 Å². The van der Waals surface area contributed by atoms with Crippen LogP contribution in [0.3, 0.4) is 0 Å². The molecule has 1 aromatic heterocycles. The molecule has 0 amide bonds. The Labute approximate surface area is 161 Å². The van der Waals surface area contributed by atoms with Crippen LogP contribution in [0.5, 0.6) is 0 Å². The lowest BCUT2D eigenvalue weighted by Gasteiger charge is -2.30. The van der Waals surface area contributed by atoms with Crippen LogP contribution in [-0.2, 0) is 16.7 Å². The normalized spacial score (nSPS) is 19.9. The van der Waals surface area contributed by atoms with E-state index >= 15 is 0 Å². The van der Waals surface area contributed by atoms with E-state index in [9.17, 15) is 4.39 Å². The number of rotatable bonds is 3. The molecule has 0 saturated heterocycles. The summed E-state index contributed by atoms with van der Waals surface area (Å²) in [6, 6.07) is 12.8. The molecule has 1 unspecified atom stereocenters. The minimum absolute atomic E-state index is 0.303. The first-order chi connectivity index (χ1) is 12.9. The molecule has 0 aliphatic carbocycles. The summed E-state index contributed by atoms with van der Waals surface area (Å²) in [5, 5.41) is 1.18. The Morgan fingerprint density at radius 3 is 2.93 bits per heavy atom. The van der Waals surface area contributed by atoms with Gasteiger partial charge in [0.1, 0.15) is 23.8 Å². The number of pyridine rings is 1. The van der Waals surface area contributed by atoms with Gasteiger partial charge in [0.05, 0.1) is 17.1 Å². The molecule has 2 heterocycles. The van der Waals surface area contributed by atoms with Crippen molar-refractivity contribution >= 4 is 28.3 Å². The van der Waals surface area contributed by atoms with Crippen molar-refractivity contribution in [2.45, 2.75) is 18.9 Å². The van der Waals surface area contributed by atoms with E-state index in [1.165, 1.54) is 12.1 Å². The topological polar surface area (TPSA) is 60.5 Å². The number of aliphatic imine (C=N–C) groups is 1. The zero-order valence-corrected chi connectivity index (χ0v) is 15.6. The highest BCUT2D eigenvalue weighted by molar-refractivity contribution is 6.31. The van der Waals surface area contributed by atoms with E-state index < -0.39 is 5.54 Å². The van der Waals surface area contributed by atoms with Crippen LogP contribution in [-0.4, -0.2) is 24.0 Å². The molecule has 6 heteroatoms. The number of fused-ring (bicyclic) bond motifs is 1. The maximum absolute atomic E-state index is 14.1. The fraction of sp³-hybridized carbons (Fsp3) is 0.238. The van der Waals surface area contributed by atoms with E-state index in [4.69, 9.17) is 22.1 Å². The van der Waals surface area contributed by atoms with Crippen LogP contribution in [0.25, 0.3) is 10.9 Å². The van der Waals surface area contributed by atoms with Gasteiger partial charge in [-0.25, -0.2) is 4.39 Å². The largest absolute Gasteiger partial charge is 0.386 e. The number of hydrogen-bond donors (Lipinski definition) is 1. The van der Waals surface area contributed by atoms with Gasteiger partial charge >= 0.3 is 0 Å². The van der Waals surface area contributed by atoms with E-state index in [0.29, 0.717) is 35.9 Å². The van der Waals surface area contributed by atoms with Crippen molar-refractivity contribution < 1.29 is 9.13 Å². The van der Waals surface area contributed by atoms with Crippen molar-refractivity contribution in [2.24, 2.45) is 10.7 Å². The third-order valence-corrected chi connectivity index (χ3v) is 4.97. The Hall–Kier alpha value is -2.50. The van der Waals surface area contributed by atoms with Gasteiger partial charge in [0.2, 0.25) is 0 Å². The molecule has 27 heavy (non-hydrogen) atoms. The summed E-state index contributed by atoms with van der Waals surface area (Å²) < 4.78 is 19.7. The van der Waals surface area contributed by atoms with Gasteiger partial charge in [-0.1, -0.05) is 35.9 Å². The first-order valence-corrected chi connectivity index (χ1v) is 9.06. The monoisotopic (exact) mass is 383 g/mol. The van der Waals surface area contributed by atoms with Crippen molar-refractivity contribution in [3.63, 3.8) is 0 Å². The smallest absolute Gasteiger partial charge is 0.124 e. The maximum Gasteiger partial charge on any atom is 0.124 e. The second-order valence-electron chi connectivity index (χ2n) is 7.04. The zero-order chi connectivity index (χ0) is 19.0. The molecule has 2 aromatic carbocycles. The van der Waals surface area contributed by atoms with Crippen LogP contribution in [0.2, 0.25) is 5.02 Å². The van der Waals surface area contributed by atoms with Gasteiger partial charge in [-0.15, -0.1) is 0 Å². The highest BCUT2D eigenvalue weighted by atomic mass is 35.5. The molecule has 2 N–H and O–H groups in total. The van der Waals surface area contributed by atoms with Gasteiger partial charge in [0.25, 0.3) is 0 Å². The summed E-state index contributed by atoms with van der Waals surface area (Å²) in [6.07, 6.45) is 2.13. The number of amidine groups is 1. The number of hydrogen-bond acceptors (Lipinski definition) is 4. The summed E-state index contributed by atoms with van der Waals surface area (Å²) in [5.74, 6) is 0.189. The summed E-state index contributed by atoms with van der Waals surface area (Å²) in [4.78, 5) is 8.99. The van der Waals surface area contributed by atoms with Crippen molar-refractivity contribution in [1.82, 2.24) is 4.98 Å². The standard InChI is InChI=1S/C21H19ClFN3O/c1-21(12-27-11-19(24)26-21)16-4-2-3-13(6-16)5-14-8-18(23)9-15-7-17(22)10-25-20(14)15/h2-4,6-10H,5,11-12H2,1H3,(H2,24,26). The quantitative estimate of drug-likeness (QED) is 0.736. The molecule has 0 fully saturated rings. The van der Waals surface area contributed by atoms with Gasteiger partial charge in [-0.2, -0.15) is 0 Å². The Bertz CT molecular complexity index is 1050. The molecule has 4 rings (SSSR count). The minimum Gasteiger partial charge on any atom is -0.386 e. The van der Waals surface area contributed by atoms with Crippen molar-refractivity contribution in [2.75, 3.05) is 13.2 Å². The second-order valence-corrected chi connectivity index (χ2v) is 7.47. The van der Waals surface area contributed by atoms with Gasteiger partial charge in [0, 0.05) is 11.6 Å². The molecule has 3 aromatic rings. The van der Waals surface area contributed by atoms with Crippen LogP contribution < -0.4 is 5.73 Å². The average Bonchev–Trinajstić information content (AvgIpc) is 2.61. The van der Waals surface area contributed by atoms with Crippen LogP contribution in [0.1, 0.15) is 23.6 Å². The molecule has 138 valence electrons. The Morgan fingerprint density at radius 1 is 1.26 bits per heavy atom. The minimum atomic E-state index is -0.520. The summed E-state index contributed by atoms with van der Waals surface area (Å²) in [7, 11) is 0. The van der Waals surface area contributed by atoms with Crippen molar-refractivity contribution in [3.05, 3.63) is 76.2 Å². The fourth-order valence-corrected chi connectivity index (χ4v) is 3.68. The summed E-state index contributed by atoms with van der Waals surface area (Å²) in [5.41, 5.74) is 8.96. The number of nitrogens with zero attached hydrogens (tertiary/aromatic N) is 2. The second kappa shape index (κ2) is 6.91. The van der Waals surface area contributed by atoms with Crippen LogP contribution in [0.4, 0.5) is 4.39 Å². The Morgan fingerprint density at radius 2 is 2.11 bits per heavy atom. The van der Waals surface area contributed by atoms with Gasteiger partial charge in [0.15, 0.2) is 0 Å². The predicted molar refractivity (Wildman–Crippen MR) is 106 cm³/mol. The van der Waals surface area contributed by atoms with Gasteiger partial charge in [-0.3, -0.25) is 9.98 Å². The molecule has 1 aliphatic heterocycles. The van der Waals surface area contributed by atoms with Crippen LogP contribution >= 0.6 is 11.6 Å². The van der Waals surface area contributed by atoms with Gasteiger partial charge < -0.3 is 10.5 Å². The number of benzene rings is 2. The number of ether oxygens (including phenoxy) is 1. The van der Waals surface area contributed by atoms with E-state index in [1.807, 2.05) is 25.1 Å². The third-order valence-electron chi connectivity index (χ3n) is 4.76. The predicted octanol–water partition coefficient (Wildman–Crippen LogP) is 4.22. The molecule has 0 bridgehead atoms. The molecule has 1 aliphatic rings. The molecule has 0 spiro atoms. The lowest BCUT2D eigenvalue weighted by molar-refractivity contribution is 0.106. The number of aromatic nitrogens is 1. The Balaban J connectivity index is 1.72. The fourth-order valence-electron chi connectivity index (χ4n) is 3.51. The summed E-state index contributed by atoms with van der Waals surface area (Å²) in [6.45, 7) is 2.83. The van der Waals surface area contributed by atoms with Gasteiger partial charge in [-0.05, 0) is 48.2 Å². The van der Waals surface area contributed by atoms with E-state index in [2.05, 4.69) is 16.0 Å². The highest BCUT2D eigenvalue weighted by Crippen LogP contribution is 2.30. The van der Waals surface area contributed by atoms with E-state index in [-0.39, 0.29) is 5.82 Å². The van der Waals surface area contributed by atoms with E-state index in [0.717, 1.165) is 22.2 Å². The first-order valence-electron chi connectivity index (χ1n) is 8.68. The molecule has 0 radical (unpaired) electrons. The highest BCUT2D eigenvalue weighted by Gasteiger charge is 2.30. The maximum atomic E-state index is 14.1. The molecule has 1 atom stereocenters. The SMILES string of the molecule is CC1(c2cccc(Cc3cc(F)cc4cc(Cl)cnc34)c2)COCC(N)=N1. The van der Waals surface area contributed by atoms with E-state index in [1.54, 1.807) is 12.3 Å². The average molecular weight is 384 g/mol. The summed E-state index contributed by atoms with van der Waals surface area (Å²) >= 11 is 6.00. The molecule has 0 saturated carbocycles. The number of nitrogens with two attached hydrogens (primary N) is 1.